The van der Waals surface area contributed by atoms with Crippen LogP contribution in [0.4, 0.5) is 11.4 Å². The molecule has 0 radical (unpaired) electrons. The maximum Gasteiger partial charge on any atom is 0.245 e. The van der Waals surface area contributed by atoms with Crippen molar-refractivity contribution in [1.29, 1.82) is 0 Å². The molecule has 146 valence electrons. The molecule has 0 aliphatic heterocycles. The van der Waals surface area contributed by atoms with Crippen LogP contribution in [0.1, 0.15) is 37.5 Å². The summed E-state index contributed by atoms with van der Waals surface area (Å²) >= 11 is 0. The Hall–Kier alpha value is -2.34. The van der Waals surface area contributed by atoms with Crippen LogP contribution in [0.3, 0.4) is 0 Å². The molecular weight excluding hydrogens is 360 g/mol. The molecule has 0 saturated heterocycles. The second kappa shape index (κ2) is 7.72. The largest absolute Gasteiger partial charge is 0.325 e. The van der Waals surface area contributed by atoms with Crippen LogP contribution >= 0.6 is 0 Å². The van der Waals surface area contributed by atoms with Crippen molar-refractivity contribution < 1.29 is 13.2 Å². The number of aryl methyl sites for hydroxylation is 2. The Bertz CT molecular complexity index is 927. The quantitative estimate of drug-likeness (QED) is 0.842. The Morgan fingerprint density at radius 3 is 2.07 bits per heavy atom. The highest BCUT2D eigenvalue weighted by molar-refractivity contribution is 7.92. The van der Waals surface area contributed by atoms with Gasteiger partial charge in [0.2, 0.25) is 15.9 Å². The van der Waals surface area contributed by atoms with E-state index in [1.165, 1.54) is 0 Å². The third-order valence-electron chi connectivity index (χ3n) is 4.50. The predicted molar refractivity (Wildman–Crippen MR) is 112 cm³/mol. The maximum atomic E-state index is 12.5. The third-order valence-corrected chi connectivity index (χ3v) is 5.64. The van der Waals surface area contributed by atoms with Gasteiger partial charge >= 0.3 is 0 Å². The van der Waals surface area contributed by atoms with Crippen molar-refractivity contribution in [2.24, 2.45) is 0 Å². The fourth-order valence-electron chi connectivity index (χ4n) is 2.67. The van der Waals surface area contributed by atoms with Crippen LogP contribution in [0.15, 0.2) is 42.5 Å². The highest BCUT2D eigenvalue weighted by atomic mass is 32.2. The van der Waals surface area contributed by atoms with E-state index in [1.807, 2.05) is 44.2 Å². The van der Waals surface area contributed by atoms with Crippen molar-refractivity contribution in [2.75, 3.05) is 22.4 Å². The molecule has 2 rings (SSSR count). The predicted octanol–water partition coefficient (Wildman–Crippen LogP) is 4.01. The van der Waals surface area contributed by atoms with Crippen LogP contribution in [0.25, 0.3) is 0 Å². The number of sulfonamides is 1. The standard InChI is InChI=1S/C21H28N2O3S/c1-15-7-12-19(13-16(15)2)23(27(6,25)26)14-20(24)22-18-10-8-17(9-11-18)21(3,4)5/h7-13H,14H2,1-6H3,(H,22,24). The van der Waals surface area contributed by atoms with Gasteiger partial charge in [0.15, 0.2) is 0 Å². The van der Waals surface area contributed by atoms with Crippen LogP contribution < -0.4 is 9.62 Å². The van der Waals surface area contributed by atoms with E-state index in [9.17, 15) is 13.2 Å². The first-order chi connectivity index (χ1) is 12.4. The van der Waals surface area contributed by atoms with Gasteiger partial charge in [0.05, 0.1) is 11.9 Å². The second-order valence-corrected chi connectivity index (χ2v) is 9.82. The Kier molecular flexibility index (Phi) is 6.00. The minimum absolute atomic E-state index is 0.0267. The number of hydrogen-bond acceptors (Lipinski definition) is 3. The molecule has 27 heavy (non-hydrogen) atoms. The van der Waals surface area contributed by atoms with Gasteiger partial charge in [-0.3, -0.25) is 9.10 Å². The van der Waals surface area contributed by atoms with E-state index in [-0.39, 0.29) is 17.9 Å². The molecule has 0 aromatic heterocycles. The lowest BCUT2D eigenvalue weighted by Crippen LogP contribution is -2.37. The van der Waals surface area contributed by atoms with Crippen LogP contribution in [-0.4, -0.2) is 27.1 Å². The van der Waals surface area contributed by atoms with E-state index < -0.39 is 10.0 Å². The molecule has 1 N–H and O–H groups in total. The van der Waals surface area contributed by atoms with E-state index >= 15 is 0 Å². The monoisotopic (exact) mass is 388 g/mol. The molecule has 0 aliphatic rings. The number of anilines is 2. The number of rotatable bonds is 5. The lowest BCUT2D eigenvalue weighted by Gasteiger charge is -2.23. The van der Waals surface area contributed by atoms with Crippen molar-refractivity contribution in [3.8, 4) is 0 Å². The summed E-state index contributed by atoms with van der Waals surface area (Å²) in [5.74, 6) is -0.387. The molecule has 0 atom stereocenters. The summed E-state index contributed by atoms with van der Waals surface area (Å²) in [5.41, 5.74) is 4.35. The Morgan fingerprint density at radius 1 is 1.00 bits per heavy atom. The Morgan fingerprint density at radius 2 is 1.59 bits per heavy atom. The molecule has 6 heteroatoms. The highest BCUT2D eigenvalue weighted by Crippen LogP contribution is 2.24. The zero-order valence-electron chi connectivity index (χ0n) is 16.8. The molecule has 0 unspecified atom stereocenters. The summed E-state index contributed by atoms with van der Waals surface area (Å²) < 4.78 is 25.6. The molecule has 1 amide bonds. The molecule has 2 aromatic carbocycles. The molecular formula is C21H28N2O3S. The summed E-state index contributed by atoms with van der Waals surface area (Å²) in [6.45, 7) is 9.95. The second-order valence-electron chi connectivity index (χ2n) is 7.91. The number of carbonyl (C=O) groups excluding carboxylic acids is 1. The molecule has 0 heterocycles. The molecule has 5 nitrogen and oxygen atoms in total. The fraction of sp³-hybridized carbons (Fsp3) is 0.381. The molecule has 0 bridgehead atoms. The van der Waals surface area contributed by atoms with Crippen molar-refractivity contribution in [2.45, 2.75) is 40.0 Å². The van der Waals surface area contributed by atoms with E-state index in [4.69, 9.17) is 0 Å². The van der Waals surface area contributed by atoms with Crippen molar-refractivity contribution in [3.05, 3.63) is 59.2 Å². The summed E-state index contributed by atoms with van der Waals surface area (Å²) in [6.07, 6.45) is 1.10. The normalized spacial score (nSPS) is 11.9. The van der Waals surface area contributed by atoms with Gasteiger partial charge in [0.1, 0.15) is 6.54 Å². The number of benzene rings is 2. The number of amides is 1. The molecule has 0 aliphatic carbocycles. The first kappa shape index (κ1) is 21.0. The van der Waals surface area contributed by atoms with Crippen LogP contribution in [0.2, 0.25) is 0 Å². The number of nitrogens with zero attached hydrogens (tertiary/aromatic N) is 1. The average Bonchev–Trinajstić information content (AvgIpc) is 2.54. The molecule has 2 aromatic rings. The third kappa shape index (κ3) is 5.57. The fourth-order valence-corrected chi connectivity index (χ4v) is 3.51. The maximum absolute atomic E-state index is 12.5. The molecule has 0 saturated carbocycles. The molecule has 0 fully saturated rings. The average molecular weight is 389 g/mol. The minimum atomic E-state index is -3.59. The number of nitrogens with one attached hydrogen (secondary N) is 1. The van der Waals surface area contributed by atoms with Crippen molar-refractivity contribution in [3.63, 3.8) is 0 Å². The van der Waals surface area contributed by atoms with Gasteiger partial charge in [-0.1, -0.05) is 39.0 Å². The Balaban J connectivity index is 2.18. The van der Waals surface area contributed by atoms with Gasteiger partial charge in [-0.25, -0.2) is 8.42 Å². The smallest absolute Gasteiger partial charge is 0.245 e. The lowest BCUT2D eigenvalue weighted by molar-refractivity contribution is -0.114. The summed E-state index contributed by atoms with van der Waals surface area (Å²) in [7, 11) is -3.59. The lowest BCUT2D eigenvalue weighted by atomic mass is 9.87. The van der Waals surface area contributed by atoms with E-state index in [2.05, 4.69) is 26.1 Å². The van der Waals surface area contributed by atoms with E-state index in [1.54, 1.807) is 12.1 Å². The summed E-state index contributed by atoms with van der Waals surface area (Å²) in [5, 5.41) is 2.77. The van der Waals surface area contributed by atoms with Gasteiger partial charge in [-0.15, -0.1) is 0 Å². The minimum Gasteiger partial charge on any atom is -0.325 e. The van der Waals surface area contributed by atoms with Crippen molar-refractivity contribution >= 4 is 27.3 Å². The van der Waals surface area contributed by atoms with Crippen LogP contribution in [-0.2, 0) is 20.2 Å². The van der Waals surface area contributed by atoms with E-state index in [0.29, 0.717) is 11.4 Å². The Labute approximate surface area is 162 Å². The van der Waals surface area contributed by atoms with E-state index in [0.717, 1.165) is 27.3 Å². The van der Waals surface area contributed by atoms with Crippen LogP contribution in [0.5, 0.6) is 0 Å². The van der Waals surface area contributed by atoms with Gasteiger partial charge < -0.3 is 5.32 Å². The first-order valence-corrected chi connectivity index (χ1v) is 10.7. The first-order valence-electron chi connectivity index (χ1n) is 8.83. The van der Waals surface area contributed by atoms with Crippen LogP contribution in [0, 0.1) is 13.8 Å². The number of carbonyl (C=O) groups is 1. The SMILES string of the molecule is Cc1ccc(N(CC(=O)Nc2ccc(C(C)(C)C)cc2)S(C)(=O)=O)cc1C. The van der Waals surface area contributed by atoms with Gasteiger partial charge in [-0.05, 0) is 60.2 Å². The topological polar surface area (TPSA) is 66.5 Å². The zero-order valence-corrected chi connectivity index (χ0v) is 17.6. The number of hydrogen-bond donors (Lipinski definition) is 1. The zero-order chi connectivity index (χ0) is 20.4. The highest BCUT2D eigenvalue weighted by Gasteiger charge is 2.21. The summed E-state index contributed by atoms with van der Waals surface area (Å²) in [6, 6.07) is 12.9. The van der Waals surface area contributed by atoms with Gasteiger partial charge in [0, 0.05) is 5.69 Å². The van der Waals surface area contributed by atoms with Gasteiger partial charge in [-0.2, -0.15) is 0 Å². The van der Waals surface area contributed by atoms with Gasteiger partial charge in [0.25, 0.3) is 0 Å². The van der Waals surface area contributed by atoms with Crippen molar-refractivity contribution in [1.82, 2.24) is 0 Å². The molecule has 0 spiro atoms. The summed E-state index contributed by atoms with van der Waals surface area (Å²) in [4.78, 5) is 12.5.